The number of carboxylic acids is 1. The van der Waals surface area contributed by atoms with Crippen LogP contribution in [0.5, 0.6) is 0 Å². The van der Waals surface area contributed by atoms with Crippen molar-refractivity contribution in [2.45, 2.75) is 12.2 Å². The van der Waals surface area contributed by atoms with Crippen molar-refractivity contribution >= 4 is 43.7 Å². The van der Waals surface area contributed by atoms with E-state index in [0.29, 0.717) is 0 Å². The zero-order valence-corrected chi connectivity index (χ0v) is 7.47. The molecule has 6 heteroatoms. The van der Waals surface area contributed by atoms with Crippen LogP contribution in [0.25, 0.3) is 0 Å². The number of hydrogen-bond acceptors (Lipinski definition) is 4. The molecule has 2 atom stereocenters. The van der Waals surface area contributed by atoms with Crippen LogP contribution in [-0.4, -0.2) is 82.9 Å². The second kappa shape index (κ2) is 6.33. The van der Waals surface area contributed by atoms with Crippen LogP contribution in [0.4, 0.5) is 0 Å². The molecular formula is C4H10CaO5. The maximum Gasteiger partial charge on any atom is 2.00 e. The minimum absolute atomic E-state index is 0. The number of aliphatic hydroxyl groups excluding tert-OH is 3. The van der Waals surface area contributed by atoms with E-state index in [2.05, 4.69) is 0 Å². The maximum atomic E-state index is 9.78. The van der Waals surface area contributed by atoms with Gasteiger partial charge in [0.05, 0.1) is 6.61 Å². The van der Waals surface area contributed by atoms with Gasteiger partial charge in [-0.3, -0.25) is 0 Å². The molecule has 0 aromatic rings. The summed E-state index contributed by atoms with van der Waals surface area (Å²) in [6.07, 6.45) is -3.49. The smallest absolute Gasteiger partial charge is 1.00 e. The summed E-state index contributed by atoms with van der Waals surface area (Å²) in [6.45, 7) is -0.756. The number of rotatable bonds is 3. The summed E-state index contributed by atoms with van der Waals surface area (Å²) < 4.78 is 0. The van der Waals surface area contributed by atoms with Crippen molar-refractivity contribution in [2.75, 3.05) is 6.61 Å². The fourth-order valence-electron chi connectivity index (χ4n) is 0.264. The van der Waals surface area contributed by atoms with Crippen LogP contribution < -0.4 is 0 Å². The Morgan fingerprint density at radius 1 is 1.50 bits per heavy atom. The number of aliphatic hydroxyl groups is 3. The van der Waals surface area contributed by atoms with Crippen LogP contribution in [0, 0.1) is 0 Å². The first kappa shape index (κ1) is 13.2. The van der Waals surface area contributed by atoms with Gasteiger partial charge in [0.1, 0.15) is 6.10 Å². The monoisotopic (exact) mass is 178 g/mol. The first-order valence-corrected chi connectivity index (χ1v) is 2.29. The Hall–Kier alpha value is 0.610. The molecule has 0 saturated carbocycles. The van der Waals surface area contributed by atoms with Crippen LogP contribution in [0.15, 0.2) is 0 Å². The predicted octanol–water partition coefficient (Wildman–Crippen LogP) is -2.37. The van der Waals surface area contributed by atoms with Crippen LogP contribution >= 0.6 is 0 Å². The standard InChI is InChI=1S/C4H8O5.Ca.2H/c5-1-2(6)3(7)4(8)9;;;/h2-3,5-7H,1H2,(H,8,9);;;/q;+2;2*-1/t2-,3+;;;/m0.../s1. The van der Waals surface area contributed by atoms with Crippen LogP contribution in [0.2, 0.25) is 0 Å². The molecule has 0 aliphatic heterocycles. The molecule has 0 spiro atoms. The fourth-order valence-corrected chi connectivity index (χ4v) is 0.264. The van der Waals surface area contributed by atoms with E-state index in [-0.39, 0.29) is 40.6 Å². The zero-order valence-electron chi connectivity index (χ0n) is 7.27. The second-order valence-corrected chi connectivity index (χ2v) is 1.53. The number of carbonyl (C=O) groups is 1. The Morgan fingerprint density at radius 3 is 2.00 bits per heavy atom. The van der Waals surface area contributed by atoms with Gasteiger partial charge in [0.2, 0.25) is 0 Å². The Morgan fingerprint density at radius 2 is 1.90 bits per heavy atom. The summed E-state index contributed by atoms with van der Waals surface area (Å²) in [7, 11) is 0. The molecule has 0 saturated heterocycles. The molecule has 0 fully saturated rings. The van der Waals surface area contributed by atoms with Crippen LogP contribution in [-0.2, 0) is 4.79 Å². The Kier molecular flexibility index (Phi) is 8.36. The van der Waals surface area contributed by atoms with Crippen molar-refractivity contribution in [1.82, 2.24) is 0 Å². The number of carboxylic acid groups (broad SMARTS) is 1. The van der Waals surface area contributed by atoms with Gasteiger partial charge in [0.25, 0.3) is 0 Å². The molecule has 0 bridgehead atoms. The van der Waals surface area contributed by atoms with Gasteiger partial charge in [-0.05, 0) is 0 Å². The molecule has 0 aliphatic rings. The molecule has 5 nitrogen and oxygen atoms in total. The van der Waals surface area contributed by atoms with E-state index in [0.717, 1.165) is 0 Å². The van der Waals surface area contributed by atoms with Crippen molar-refractivity contribution in [3.05, 3.63) is 0 Å². The molecule has 58 valence electrons. The second-order valence-electron chi connectivity index (χ2n) is 1.53. The van der Waals surface area contributed by atoms with Crippen LogP contribution in [0.3, 0.4) is 0 Å². The van der Waals surface area contributed by atoms with Crippen molar-refractivity contribution < 1.29 is 28.1 Å². The predicted molar refractivity (Wildman–Crippen MR) is 34.7 cm³/mol. The number of hydrogen-bond donors (Lipinski definition) is 4. The summed E-state index contributed by atoms with van der Waals surface area (Å²) in [5, 5.41) is 32.8. The SMILES string of the molecule is O=C(O)[C@H](O)[C@@H](O)CO.[Ca+2].[H-].[H-]. The maximum absolute atomic E-state index is 9.78. The fraction of sp³-hybridized carbons (Fsp3) is 0.750. The van der Waals surface area contributed by atoms with Gasteiger partial charge in [0, 0.05) is 0 Å². The van der Waals surface area contributed by atoms with E-state index < -0.39 is 24.8 Å². The minimum atomic E-state index is -1.89. The van der Waals surface area contributed by atoms with E-state index in [1.165, 1.54) is 0 Å². The van der Waals surface area contributed by atoms with Gasteiger partial charge in [-0.25, -0.2) is 4.79 Å². The largest absolute Gasteiger partial charge is 2.00 e. The van der Waals surface area contributed by atoms with Gasteiger partial charge >= 0.3 is 43.7 Å². The molecule has 0 amide bonds. The molecule has 4 N–H and O–H groups in total. The van der Waals surface area contributed by atoms with Crippen molar-refractivity contribution in [1.29, 1.82) is 0 Å². The molecular weight excluding hydrogens is 168 g/mol. The average molecular weight is 178 g/mol. The van der Waals surface area contributed by atoms with Gasteiger partial charge in [0.15, 0.2) is 6.10 Å². The Bertz CT molecular complexity index is 114. The summed E-state index contributed by atoms with van der Waals surface area (Å²) in [4.78, 5) is 9.78. The molecule has 0 unspecified atom stereocenters. The Labute approximate surface area is 90.3 Å². The summed E-state index contributed by atoms with van der Waals surface area (Å²) in [6, 6.07) is 0. The van der Waals surface area contributed by atoms with Crippen molar-refractivity contribution in [3.8, 4) is 0 Å². The summed E-state index contributed by atoms with van der Waals surface area (Å²) >= 11 is 0. The van der Waals surface area contributed by atoms with E-state index in [1.807, 2.05) is 0 Å². The van der Waals surface area contributed by atoms with Gasteiger partial charge in [-0.2, -0.15) is 0 Å². The molecule has 0 rings (SSSR count). The van der Waals surface area contributed by atoms with Crippen LogP contribution in [0.1, 0.15) is 2.85 Å². The molecule has 0 radical (unpaired) electrons. The molecule has 0 heterocycles. The van der Waals surface area contributed by atoms with E-state index in [4.69, 9.17) is 20.4 Å². The van der Waals surface area contributed by atoms with E-state index >= 15 is 0 Å². The van der Waals surface area contributed by atoms with E-state index in [1.54, 1.807) is 0 Å². The summed E-state index contributed by atoms with van der Waals surface area (Å²) in [5.74, 6) is -1.54. The quantitative estimate of drug-likeness (QED) is 0.362. The first-order valence-electron chi connectivity index (χ1n) is 2.29. The molecule has 0 aliphatic carbocycles. The minimum Gasteiger partial charge on any atom is -1.00 e. The third-order valence-corrected chi connectivity index (χ3v) is 0.805. The summed E-state index contributed by atoms with van der Waals surface area (Å²) in [5.41, 5.74) is 0. The van der Waals surface area contributed by atoms with Crippen molar-refractivity contribution in [2.24, 2.45) is 0 Å². The zero-order chi connectivity index (χ0) is 7.44. The topological polar surface area (TPSA) is 98.0 Å². The third kappa shape index (κ3) is 4.43. The van der Waals surface area contributed by atoms with Gasteiger partial charge < -0.3 is 23.3 Å². The van der Waals surface area contributed by atoms with E-state index in [9.17, 15) is 4.79 Å². The third-order valence-electron chi connectivity index (χ3n) is 0.805. The first-order chi connectivity index (χ1) is 4.09. The van der Waals surface area contributed by atoms with Gasteiger partial charge in [-0.15, -0.1) is 0 Å². The average Bonchev–Trinajstić information content (AvgIpc) is 1.84. The molecule has 0 aromatic carbocycles. The Balaban J connectivity index is -0.000000107. The normalized spacial score (nSPS) is 15.1. The van der Waals surface area contributed by atoms with Crippen molar-refractivity contribution in [3.63, 3.8) is 0 Å². The molecule has 10 heavy (non-hydrogen) atoms. The molecule has 0 aromatic heterocycles. The number of aliphatic carboxylic acids is 1. The van der Waals surface area contributed by atoms with Gasteiger partial charge in [-0.1, -0.05) is 0 Å².